The first-order valence-electron chi connectivity index (χ1n) is 4.35. The van der Waals surface area contributed by atoms with Gasteiger partial charge in [0.25, 0.3) is 0 Å². The molecule has 11 heavy (non-hydrogen) atoms. The Morgan fingerprint density at radius 2 is 2.27 bits per heavy atom. The molecule has 0 N–H and O–H groups in total. The second kappa shape index (κ2) is 2.72. The van der Waals surface area contributed by atoms with Gasteiger partial charge in [0, 0.05) is 5.92 Å². The van der Waals surface area contributed by atoms with Crippen LogP contribution in [0.5, 0.6) is 0 Å². The average molecular weight is 150 g/mol. The van der Waals surface area contributed by atoms with E-state index in [1.165, 1.54) is 19.3 Å². The SMILES string of the molecule is C=COC1CC2C=CC1CC2. The predicted molar refractivity (Wildman–Crippen MR) is 45.0 cm³/mol. The minimum Gasteiger partial charge on any atom is -0.498 e. The molecule has 0 saturated heterocycles. The minimum absolute atomic E-state index is 0.427. The van der Waals surface area contributed by atoms with Crippen LogP contribution in [0, 0.1) is 11.8 Å². The van der Waals surface area contributed by atoms with Gasteiger partial charge in [-0.3, -0.25) is 0 Å². The smallest absolute Gasteiger partial charge is 0.105 e. The van der Waals surface area contributed by atoms with E-state index >= 15 is 0 Å². The van der Waals surface area contributed by atoms with Crippen molar-refractivity contribution in [3.8, 4) is 0 Å². The monoisotopic (exact) mass is 150 g/mol. The van der Waals surface area contributed by atoms with Crippen LogP contribution in [0.25, 0.3) is 0 Å². The van der Waals surface area contributed by atoms with Gasteiger partial charge in [-0.1, -0.05) is 18.7 Å². The number of rotatable bonds is 2. The fourth-order valence-corrected chi connectivity index (χ4v) is 2.16. The average Bonchev–Trinajstić information content (AvgIpc) is 2.07. The molecule has 0 aromatic carbocycles. The van der Waals surface area contributed by atoms with Crippen molar-refractivity contribution < 1.29 is 4.74 Å². The zero-order valence-electron chi connectivity index (χ0n) is 6.70. The van der Waals surface area contributed by atoms with E-state index in [-0.39, 0.29) is 0 Å². The third-order valence-corrected chi connectivity index (χ3v) is 2.78. The Hall–Kier alpha value is -0.720. The van der Waals surface area contributed by atoms with Crippen molar-refractivity contribution in [3.05, 3.63) is 25.0 Å². The van der Waals surface area contributed by atoms with Gasteiger partial charge in [-0.15, -0.1) is 0 Å². The molecular weight excluding hydrogens is 136 g/mol. The summed E-state index contributed by atoms with van der Waals surface area (Å²) in [7, 11) is 0. The first-order chi connectivity index (χ1) is 5.40. The van der Waals surface area contributed by atoms with Crippen LogP contribution in [-0.2, 0) is 4.74 Å². The van der Waals surface area contributed by atoms with Crippen molar-refractivity contribution in [1.82, 2.24) is 0 Å². The first kappa shape index (κ1) is 6.96. The number of hydrogen-bond donors (Lipinski definition) is 0. The molecule has 0 spiro atoms. The molecule has 3 aliphatic carbocycles. The number of fused-ring (bicyclic) bond motifs is 2. The van der Waals surface area contributed by atoms with Gasteiger partial charge in [0.05, 0.1) is 6.26 Å². The molecule has 1 fully saturated rings. The predicted octanol–water partition coefficient (Wildman–Crippen LogP) is 2.50. The first-order valence-corrected chi connectivity index (χ1v) is 4.35. The van der Waals surface area contributed by atoms with Crippen LogP contribution in [0.1, 0.15) is 19.3 Å². The van der Waals surface area contributed by atoms with Crippen molar-refractivity contribution >= 4 is 0 Å². The molecule has 0 aromatic rings. The Bertz CT molecular complexity index is 183. The highest BCUT2D eigenvalue weighted by Gasteiger charge is 2.32. The van der Waals surface area contributed by atoms with Crippen LogP contribution < -0.4 is 0 Å². The molecule has 3 atom stereocenters. The van der Waals surface area contributed by atoms with E-state index < -0.39 is 0 Å². The lowest BCUT2D eigenvalue weighted by molar-refractivity contribution is 0.0504. The Balaban J connectivity index is 2.05. The molecule has 60 valence electrons. The third kappa shape index (κ3) is 1.20. The third-order valence-electron chi connectivity index (χ3n) is 2.78. The summed E-state index contributed by atoms with van der Waals surface area (Å²) in [5, 5.41) is 0. The molecule has 0 heterocycles. The Morgan fingerprint density at radius 3 is 2.73 bits per heavy atom. The number of ether oxygens (including phenoxy) is 1. The molecule has 3 aliphatic rings. The standard InChI is InChI=1S/C10H14O/c1-2-11-10-7-8-3-5-9(10)6-4-8/h2-3,5,8-10H,1,4,6-7H2. The molecule has 2 bridgehead atoms. The summed E-state index contributed by atoms with van der Waals surface area (Å²) in [6, 6.07) is 0. The molecule has 1 saturated carbocycles. The molecule has 0 radical (unpaired) electrons. The van der Waals surface area contributed by atoms with E-state index in [2.05, 4.69) is 18.7 Å². The maximum absolute atomic E-state index is 5.43. The molecular formula is C10H14O. The van der Waals surface area contributed by atoms with E-state index in [9.17, 15) is 0 Å². The van der Waals surface area contributed by atoms with Gasteiger partial charge in [0.1, 0.15) is 6.10 Å². The zero-order chi connectivity index (χ0) is 7.68. The summed E-state index contributed by atoms with van der Waals surface area (Å²) in [5.41, 5.74) is 0. The Kier molecular flexibility index (Phi) is 1.72. The maximum atomic E-state index is 5.43. The van der Waals surface area contributed by atoms with Gasteiger partial charge in [-0.2, -0.15) is 0 Å². The fraction of sp³-hybridized carbons (Fsp3) is 0.600. The molecule has 1 nitrogen and oxygen atoms in total. The van der Waals surface area contributed by atoms with Gasteiger partial charge in [-0.25, -0.2) is 0 Å². The lowest BCUT2D eigenvalue weighted by Gasteiger charge is -2.36. The Morgan fingerprint density at radius 1 is 1.36 bits per heavy atom. The van der Waals surface area contributed by atoms with Gasteiger partial charge in [0.15, 0.2) is 0 Å². The van der Waals surface area contributed by atoms with Crippen LogP contribution in [0.3, 0.4) is 0 Å². The van der Waals surface area contributed by atoms with Gasteiger partial charge in [-0.05, 0) is 25.2 Å². The van der Waals surface area contributed by atoms with Crippen LogP contribution in [0.2, 0.25) is 0 Å². The van der Waals surface area contributed by atoms with Gasteiger partial charge < -0.3 is 4.74 Å². The lowest BCUT2D eigenvalue weighted by atomic mass is 9.74. The molecule has 0 aromatic heterocycles. The number of allylic oxidation sites excluding steroid dienone is 1. The van der Waals surface area contributed by atoms with Gasteiger partial charge >= 0.3 is 0 Å². The maximum Gasteiger partial charge on any atom is 0.105 e. The summed E-state index contributed by atoms with van der Waals surface area (Å²) in [5.74, 6) is 1.45. The van der Waals surface area contributed by atoms with Crippen molar-refractivity contribution in [2.24, 2.45) is 11.8 Å². The zero-order valence-corrected chi connectivity index (χ0v) is 6.70. The summed E-state index contributed by atoms with van der Waals surface area (Å²) in [6.07, 6.45) is 10.5. The van der Waals surface area contributed by atoms with Crippen LogP contribution >= 0.6 is 0 Å². The molecule has 3 unspecified atom stereocenters. The number of hydrogen-bond acceptors (Lipinski definition) is 1. The van der Waals surface area contributed by atoms with E-state index in [1.54, 1.807) is 6.26 Å². The van der Waals surface area contributed by atoms with Crippen LogP contribution in [-0.4, -0.2) is 6.10 Å². The highest BCUT2D eigenvalue weighted by atomic mass is 16.5. The van der Waals surface area contributed by atoms with E-state index in [0.717, 1.165) is 5.92 Å². The lowest BCUT2D eigenvalue weighted by Crippen LogP contribution is -2.32. The summed E-state index contributed by atoms with van der Waals surface area (Å²) in [6.45, 7) is 3.59. The quantitative estimate of drug-likeness (QED) is 0.434. The molecule has 3 rings (SSSR count). The molecule has 1 heteroatoms. The normalized spacial score (nSPS) is 40.5. The van der Waals surface area contributed by atoms with Gasteiger partial charge in [0.2, 0.25) is 0 Å². The van der Waals surface area contributed by atoms with Crippen LogP contribution in [0.15, 0.2) is 25.0 Å². The van der Waals surface area contributed by atoms with Crippen molar-refractivity contribution in [2.75, 3.05) is 0 Å². The fourth-order valence-electron chi connectivity index (χ4n) is 2.16. The van der Waals surface area contributed by atoms with E-state index in [4.69, 9.17) is 4.74 Å². The second-order valence-corrected chi connectivity index (χ2v) is 3.46. The van der Waals surface area contributed by atoms with E-state index in [1.807, 2.05) is 0 Å². The summed E-state index contributed by atoms with van der Waals surface area (Å²) >= 11 is 0. The second-order valence-electron chi connectivity index (χ2n) is 3.46. The van der Waals surface area contributed by atoms with Crippen LogP contribution in [0.4, 0.5) is 0 Å². The topological polar surface area (TPSA) is 9.23 Å². The van der Waals surface area contributed by atoms with Crippen molar-refractivity contribution in [3.63, 3.8) is 0 Å². The van der Waals surface area contributed by atoms with E-state index in [0.29, 0.717) is 12.0 Å². The molecule has 0 aliphatic heterocycles. The highest BCUT2D eigenvalue weighted by molar-refractivity contribution is 5.07. The highest BCUT2D eigenvalue weighted by Crippen LogP contribution is 2.37. The largest absolute Gasteiger partial charge is 0.498 e. The summed E-state index contributed by atoms with van der Waals surface area (Å²) < 4.78 is 5.43. The minimum atomic E-state index is 0.427. The van der Waals surface area contributed by atoms with Crippen molar-refractivity contribution in [2.45, 2.75) is 25.4 Å². The molecule has 0 amide bonds. The summed E-state index contributed by atoms with van der Waals surface area (Å²) in [4.78, 5) is 0. The Labute approximate surface area is 67.7 Å². The van der Waals surface area contributed by atoms with Crippen molar-refractivity contribution in [1.29, 1.82) is 0 Å².